The van der Waals surface area contributed by atoms with Gasteiger partial charge in [-0.25, -0.2) is 0 Å². The van der Waals surface area contributed by atoms with Crippen LogP contribution in [-0.4, -0.2) is 23.5 Å². The molecule has 1 fully saturated rings. The molecule has 0 bridgehead atoms. The van der Waals surface area contributed by atoms with Gasteiger partial charge in [-0.1, -0.05) is 13.3 Å². The van der Waals surface area contributed by atoms with Gasteiger partial charge < -0.3 is 0 Å². The van der Waals surface area contributed by atoms with Crippen LogP contribution >= 0.6 is 0 Å². The average Bonchev–Trinajstić information content (AvgIpc) is 2.36. The molecule has 1 unspecified atom stereocenters. The predicted molar refractivity (Wildman–Crippen MR) is 49.8 cm³/mol. The summed E-state index contributed by atoms with van der Waals surface area (Å²) in [4.78, 5) is 2.66. The molecular weight excluding hydrogens is 134 g/mol. The normalized spacial score (nSPS) is 26.7. The number of rotatable bonds is 3. The van der Waals surface area contributed by atoms with Crippen molar-refractivity contribution in [2.45, 2.75) is 58.5 Å². The molecule has 1 aliphatic heterocycles. The second-order valence-corrected chi connectivity index (χ2v) is 3.92. The van der Waals surface area contributed by atoms with Crippen LogP contribution in [0.1, 0.15) is 46.5 Å². The zero-order chi connectivity index (χ0) is 8.27. The van der Waals surface area contributed by atoms with E-state index in [9.17, 15) is 0 Å². The summed E-state index contributed by atoms with van der Waals surface area (Å²) in [6.07, 6.45) is 5.60. The Morgan fingerprint density at radius 1 is 1.45 bits per heavy atom. The lowest BCUT2D eigenvalue weighted by Gasteiger charge is -2.27. The lowest BCUT2D eigenvalue weighted by atomic mass is 10.1. The Kier molecular flexibility index (Phi) is 3.38. The Morgan fingerprint density at radius 2 is 2.18 bits per heavy atom. The van der Waals surface area contributed by atoms with E-state index in [1.54, 1.807) is 0 Å². The van der Waals surface area contributed by atoms with E-state index in [0.29, 0.717) is 0 Å². The van der Waals surface area contributed by atoms with E-state index in [1.807, 2.05) is 0 Å². The van der Waals surface area contributed by atoms with E-state index < -0.39 is 0 Å². The first kappa shape index (κ1) is 9.05. The molecule has 0 aromatic heterocycles. The van der Waals surface area contributed by atoms with Crippen LogP contribution < -0.4 is 0 Å². The fourth-order valence-corrected chi connectivity index (χ4v) is 2.18. The van der Waals surface area contributed by atoms with Crippen molar-refractivity contribution < 1.29 is 0 Å². The third-order valence-electron chi connectivity index (χ3n) is 2.71. The summed E-state index contributed by atoms with van der Waals surface area (Å²) >= 11 is 0. The molecule has 0 radical (unpaired) electrons. The zero-order valence-electron chi connectivity index (χ0n) is 8.14. The molecule has 66 valence electrons. The molecule has 1 nitrogen and oxygen atoms in total. The molecule has 1 saturated heterocycles. The smallest absolute Gasteiger partial charge is 0.00983 e. The maximum Gasteiger partial charge on any atom is 0.00983 e. The minimum atomic E-state index is 0.758. The summed E-state index contributed by atoms with van der Waals surface area (Å²) in [5, 5.41) is 0. The lowest BCUT2D eigenvalue weighted by Crippen LogP contribution is -2.35. The van der Waals surface area contributed by atoms with Gasteiger partial charge in [-0.2, -0.15) is 0 Å². The highest BCUT2D eigenvalue weighted by Crippen LogP contribution is 2.23. The van der Waals surface area contributed by atoms with Gasteiger partial charge in [0.15, 0.2) is 0 Å². The molecule has 1 rings (SSSR count). The maximum atomic E-state index is 2.66. The summed E-state index contributed by atoms with van der Waals surface area (Å²) in [5.41, 5.74) is 0. The molecule has 0 aliphatic carbocycles. The van der Waals surface area contributed by atoms with Crippen molar-refractivity contribution in [3.05, 3.63) is 0 Å². The molecule has 0 amide bonds. The van der Waals surface area contributed by atoms with E-state index >= 15 is 0 Å². The maximum absolute atomic E-state index is 2.66. The molecule has 0 aromatic rings. The molecule has 0 aromatic carbocycles. The Bertz CT molecular complexity index is 109. The summed E-state index contributed by atoms with van der Waals surface area (Å²) in [5.74, 6) is 0. The topological polar surface area (TPSA) is 3.24 Å². The van der Waals surface area contributed by atoms with Crippen LogP contribution in [0.2, 0.25) is 0 Å². The van der Waals surface area contributed by atoms with Gasteiger partial charge in [0, 0.05) is 12.1 Å². The van der Waals surface area contributed by atoms with Crippen molar-refractivity contribution in [3.63, 3.8) is 0 Å². The Labute approximate surface area is 70.8 Å². The Balaban J connectivity index is 2.37. The minimum Gasteiger partial charge on any atom is -0.298 e. The van der Waals surface area contributed by atoms with E-state index in [-0.39, 0.29) is 0 Å². The number of likely N-dealkylation sites (tertiary alicyclic amines) is 1. The standard InChI is InChI=1S/C10H21N/c1-4-6-10-7-5-8-11(10)9(2)3/h9-10H,4-8H2,1-3H3. The number of nitrogens with zero attached hydrogens (tertiary/aromatic N) is 1. The highest BCUT2D eigenvalue weighted by atomic mass is 15.2. The molecule has 1 heterocycles. The zero-order valence-corrected chi connectivity index (χ0v) is 8.14. The van der Waals surface area contributed by atoms with E-state index in [0.717, 1.165) is 12.1 Å². The van der Waals surface area contributed by atoms with Crippen molar-refractivity contribution in [3.8, 4) is 0 Å². The highest BCUT2D eigenvalue weighted by molar-refractivity contribution is 4.80. The lowest BCUT2D eigenvalue weighted by molar-refractivity contribution is 0.194. The SMILES string of the molecule is CCCC1CCCN1C(C)C. The molecule has 11 heavy (non-hydrogen) atoms. The minimum absolute atomic E-state index is 0.758. The Morgan fingerprint density at radius 3 is 2.73 bits per heavy atom. The van der Waals surface area contributed by atoms with Crippen LogP contribution in [0.25, 0.3) is 0 Å². The summed E-state index contributed by atoms with van der Waals surface area (Å²) in [6.45, 7) is 8.25. The second kappa shape index (κ2) is 4.10. The van der Waals surface area contributed by atoms with Gasteiger partial charge in [-0.3, -0.25) is 4.90 Å². The van der Waals surface area contributed by atoms with Crippen molar-refractivity contribution in [1.29, 1.82) is 0 Å². The van der Waals surface area contributed by atoms with Crippen LogP contribution in [0, 0.1) is 0 Å². The van der Waals surface area contributed by atoms with Crippen molar-refractivity contribution >= 4 is 0 Å². The molecule has 1 heteroatoms. The molecule has 0 spiro atoms. The third-order valence-corrected chi connectivity index (χ3v) is 2.71. The highest BCUT2D eigenvalue weighted by Gasteiger charge is 2.24. The van der Waals surface area contributed by atoms with Gasteiger partial charge >= 0.3 is 0 Å². The van der Waals surface area contributed by atoms with Gasteiger partial charge in [0.1, 0.15) is 0 Å². The van der Waals surface area contributed by atoms with Crippen molar-refractivity contribution in [1.82, 2.24) is 4.90 Å². The fourth-order valence-electron chi connectivity index (χ4n) is 2.18. The van der Waals surface area contributed by atoms with E-state index in [2.05, 4.69) is 25.7 Å². The Hall–Kier alpha value is -0.0400. The summed E-state index contributed by atoms with van der Waals surface area (Å²) < 4.78 is 0. The van der Waals surface area contributed by atoms with Crippen LogP contribution in [0.3, 0.4) is 0 Å². The van der Waals surface area contributed by atoms with Crippen LogP contribution in [0.15, 0.2) is 0 Å². The van der Waals surface area contributed by atoms with Gasteiger partial charge in [0.25, 0.3) is 0 Å². The van der Waals surface area contributed by atoms with E-state index in [4.69, 9.17) is 0 Å². The van der Waals surface area contributed by atoms with Gasteiger partial charge in [-0.05, 0) is 39.7 Å². The predicted octanol–water partition coefficient (Wildman–Crippen LogP) is 2.66. The van der Waals surface area contributed by atoms with Crippen molar-refractivity contribution in [2.75, 3.05) is 6.54 Å². The van der Waals surface area contributed by atoms with E-state index in [1.165, 1.54) is 32.2 Å². The number of hydrogen-bond acceptors (Lipinski definition) is 1. The van der Waals surface area contributed by atoms with Crippen LogP contribution in [0.4, 0.5) is 0 Å². The summed E-state index contributed by atoms with van der Waals surface area (Å²) in [6, 6.07) is 1.66. The van der Waals surface area contributed by atoms with Gasteiger partial charge in [0.2, 0.25) is 0 Å². The first-order valence-electron chi connectivity index (χ1n) is 5.01. The van der Waals surface area contributed by atoms with Crippen LogP contribution in [-0.2, 0) is 0 Å². The summed E-state index contributed by atoms with van der Waals surface area (Å²) in [7, 11) is 0. The van der Waals surface area contributed by atoms with Gasteiger partial charge in [-0.15, -0.1) is 0 Å². The first-order chi connectivity index (χ1) is 5.25. The molecule has 0 saturated carbocycles. The monoisotopic (exact) mass is 155 g/mol. The molecule has 0 N–H and O–H groups in total. The van der Waals surface area contributed by atoms with Crippen LogP contribution in [0.5, 0.6) is 0 Å². The first-order valence-corrected chi connectivity index (χ1v) is 5.01. The average molecular weight is 155 g/mol. The largest absolute Gasteiger partial charge is 0.298 e. The van der Waals surface area contributed by atoms with Gasteiger partial charge in [0.05, 0.1) is 0 Å². The molecule has 1 aliphatic rings. The third kappa shape index (κ3) is 2.19. The fraction of sp³-hybridized carbons (Fsp3) is 1.00. The second-order valence-electron chi connectivity index (χ2n) is 3.92. The quantitative estimate of drug-likeness (QED) is 0.605. The molecule has 1 atom stereocenters. The van der Waals surface area contributed by atoms with Crippen molar-refractivity contribution in [2.24, 2.45) is 0 Å². The molecular formula is C10H21N. The number of hydrogen-bond donors (Lipinski definition) is 0.